The zero-order valence-electron chi connectivity index (χ0n) is 9.92. The maximum Gasteiger partial charge on any atom is 0.00747 e. The molecule has 0 aliphatic rings. The average molecular weight is 223 g/mol. The molecule has 1 nitrogen and oxygen atoms in total. The maximum absolute atomic E-state index is 3.34. The molecule has 1 N–H and O–H groups in total. The van der Waals surface area contributed by atoms with Crippen molar-refractivity contribution < 1.29 is 0 Å². The quantitative estimate of drug-likeness (QED) is 0.586. The van der Waals surface area contributed by atoms with Crippen LogP contribution in [0.25, 0.3) is 0 Å². The molecule has 0 radical (unpaired) electrons. The van der Waals surface area contributed by atoms with Gasteiger partial charge in [-0.25, -0.2) is 0 Å². The third-order valence-electron chi connectivity index (χ3n) is 2.14. The van der Waals surface area contributed by atoms with Crippen molar-refractivity contribution in [3.8, 4) is 0 Å². The van der Waals surface area contributed by atoms with Gasteiger partial charge >= 0.3 is 0 Å². The highest BCUT2D eigenvalue weighted by molar-refractivity contribution is 7.99. The van der Waals surface area contributed by atoms with Crippen LogP contribution in [0.5, 0.6) is 0 Å². The standard InChI is InChI=1S/C13H21NS/c1-4-14-10-9-12-5-7-13(8-6-12)15-11(2)3/h5-8,11,14H,4,9-10H2,1-3H3. The van der Waals surface area contributed by atoms with E-state index in [9.17, 15) is 0 Å². The lowest BCUT2D eigenvalue weighted by Gasteiger charge is -2.06. The van der Waals surface area contributed by atoms with Gasteiger partial charge in [0.2, 0.25) is 0 Å². The van der Waals surface area contributed by atoms with Gasteiger partial charge in [-0.1, -0.05) is 32.9 Å². The number of likely N-dealkylation sites (N-methyl/N-ethyl adjacent to an activating group) is 1. The van der Waals surface area contributed by atoms with Gasteiger partial charge in [-0.05, 0) is 37.2 Å². The van der Waals surface area contributed by atoms with Crippen LogP contribution < -0.4 is 5.32 Å². The second kappa shape index (κ2) is 6.91. The minimum absolute atomic E-state index is 0.664. The van der Waals surface area contributed by atoms with Crippen LogP contribution in [0.3, 0.4) is 0 Å². The average Bonchev–Trinajstić information content (AvgIpc) is 2.20. The SMILES string of the molecule is CCNCCc1ccc(SC(C)C)cc1. The first-order chi connectivity index (χ1) is 7.22. The van der Waals surface area contributed by atoms with Crippen LogP contribution in [0.4, 0.5) is 0 Å². The van der Waals surface area contributed by atoms with E-state index in [0.717, 1.165) is 19.5 Å². The van der Waals surface area contributed by atoms with E-state index in [1.807, 2.05) is 11.8 Å². The molecule has 84 valence electrons. The van der Waals surface area contributed by atoms with Crippen molar-refractivity contribution in [2.24, 2.45) is 0 Å². The van der Waals surface area contributed by atoms with Crippen molar-refractivity contribution in [1.29, 1.82) is 0 Å². The summed E-state index contributed by atoms with van der Waals surface area (Å²) >= 11 is 1.92. The van der Waals surface area contributed by atoms with Crippen LogP contribution in [0.1, 0.15) is 26.3 Å². The van der Waals surface area contributed by atoms with Gasteiger partial charge in [0.05, 0.1) is 0 Å². The zero-order chi connectivity index (χ0) is 11.1. The Morgan fingerprint density at radius 3 is 2.40 bits per heavy atom. The third kappa shape index (κ3) is 5.24. The molecular formula is C13H21NS. The van der Waals surface area contributed by atoms with Gasteiger partial charge in [0.25, 0.3) is 0 Å². The van der Waals surface area contributed by atoms with Gasteiger partial charge in [-0.2, -0.15) is 0 Å². The van der Waals surface area contributed by atoms with E-state index in [2.05, 4.69) is 50.4 Å². The van der Waals surface area contributed by atoms with Crippen molar-refractivity contribution in [2.75, 3.05) is 13.1 Å². The lowest BCUT2D eigenvalue weighted by Crippen LogP contribution is -2.15. The Bertz CT molecular complexity index is 266. The summed E-state index contributed by atoms with van der Waals surface area (Å²) in [4.78, 5) is 1.37. The van der Waals surface area contributed by atoms with Crippen LogP contribution in [0.15, 0.2) is 29.2 Å². The Hall–Kier alpha value is -0.470. The zero-order valence-corrected chi connectivity index (χ0v) is 10.7. The minimum atomic E-state index is 0.664. The first kappa shape index (κ1) is 12.6. The summed E-state index contributed by atoms with van der Waals surface area (Å²) in [7, 11) is 0. The van der Waals surface area contributed by atoms with Gasteiger partial charge in [-0.15, -0.1) is 11.8 Å². The van der Waals surface area contributed by atoms with E-state index in [0.29, 0.717) is 5.25 Å². The molecule has 2 heteroatoms. The molecule has 0 atom stereocenters. The van der Waals surface area contributed by atoms with E-state index in [1.54, 1.807) is 0 Å². The number of hydrogen-bond donors (Lipinski definition) is 1. The summed E-state index contributed by atoms with van der Waals surface area (Å²) in [6, 6.07) is 8.93. The first-order valence-electron chi connectivity index (χ1n) is 5.68. The van der Waals surface area contributed by atoms with E-state index < -0.39 is 0 Å². The van der Waals surface area contributed by atoms with Crippen molar-refractivity contribution in [2.45, 2.75) is 37.3 Å². The second-order valence-corrected chi connectivity index (χ2v) is 5.56. The monoisotopic (exact) mass is 223 g/mol. The van der Waals surface area contributed by atoms with Crippen LogP contribution >= 0.6 is 11.8 Å². The molecule has 0 fully saturated rings. The van der Waals surface area contributed by atoms with Gasteiger partial charge in [0.1, 0.15) is 0 Å². The molecule has 15 heavy (non-hydrogen) atoms. The maximum atomic E-state index is 3.34. The molecule has 0 amide bonds. The molecule has 0 unspecified atom stereocenters. The number of benzene rings is 1. The van der Waals surface area contributed by atoms with Crippen LogP contribution in [0.2, 0.25) is 0 Å². The molecule has 0 saturated carbocycles. The normalized spacial score (nSPS) is 10.9. The minimum Gasteiger partial charge on any atom is -0.317 e. The summed E-state index contributed by atoms with van der Waals surface area (Å²) < 4.78 is 0. The van der Waals surface area contributed by atoms with Crippen molar-refractivity contribution in [3.05, 3.63) is 29.8 Å². The smallest absolute Gasteiger partial charge is 0.00747 e. The predicted molar refractivity (Wildman–Crippen MR) is 69.7 cm³/mol. The molecule has 0 aliphatic heterocycles. The Labute approximate surface area is 97.7 Å². The first-order valence-corrected chi connectivity index (χ1v) is 6.56. The summed E-state index contributed by atoms with van der Waals surface area (Å²) in [6.07, 6.45) is 1.13. The largest absolute Gasteiger partial charge is 0.317 e. The fourth-order valence-electron chi connectivity index (χ4n) is 1.42. The third-order valence-corrected chi connectivity index (χ3v) is 3.15. The fourth-order valence-corrected chi connectivity index (χ4v) is 2.25. The van der Waals surface area contributed by atoms with Crippen molar-refractivity contribution in [3.63, 3.8) is 0 Å². The number of hydrogen-bond acceptors (Lipinski definition) is 2. The topological polar surface area (TPSA) is 12.0 Å². The Morgan fingerprint density at radius 2 is 1.87 bits per heavy atom. The number of nitrogens with one attached hydrogen (secondary N) is 1. The van der Waals surface area contributed by atoms with Gasteiger partial charge in [-0.3, -0.25) is 0 Å². The highest BCUT2D eigenvalue weighted by Crippen LogP contribution is 2.22. The van der Waals surface area contributed by atoms with Crippen molar-refractivity contribution >= 4 is 11.8 Å². The molecule has 1 aromatic rings. The van der Waals surface area contributed by atoms with E-state index >= 15 is 0 Å². The van der Waals surface area contributed by atoms with Crippen LogP contribution in [0, 0.1) is 0 Å². The predicted octanol–water partition coefficient (Wildman–Crippen LogP) is 3.34. The van der Waals surface area contributed by atoms with Crippen LogP contribution in [-0.2, 0) is 6.42 Å². The Morgan fingerprint density at radius 1 is 1.20 bits per heavy atom. The molecule has 0 spiro atoms. The molecule has 1 rings (SSSR count). The van der Waals surface area contributed by atoms with E-state index in [4.69, 9.17) is 0 Å². The number of thioether (sulfide) groups is 1. The molecule has 1 aromatic carbocycles. The summed E-state index contributed by atoms with van der Waals surface area (Å²) in [6.45, 7) is 8.73. The molecule has 0 heterocycles. The summed E-state index contributed by atoms with van der Waals surface area (Å²) in [5.74, 6) is 0. The fraction of sp³-hybridized carbons (Fsp3) is 0.538. The molecule has 0 bridgehead atoms. The summed E-state index contributed by atoms with van der Waals surface area (Å²) in [5, 5.41) is 4.00. The Kier molecular flexibility index (Phi) is 5.81. The molecule has 0 aromatic heterocycles. The van der Waals surface area contributed by atoms with Crippen LogP contribution in [-0.4, -0.2) is 18.3 Å². The lowest BCUT2D eigenvalue weighted by atomic mass is 10.1. The van der Waals surface area contributed by atoms with Gasteiger partial charge in [0.15, 0.2) is 0 Å². The number of rotatable bonds is 6. The second-order valence-electron chi connectivity index (χ2n) is 3.91. The molecular weight excluding hydrogens is 202 g/mol. The van der Waals surface area contributed by atoms with E-state index in [1.165, 1.54) is 10.5 Å². The van der Waals surface area contributed by atoms with E-state index in [-0.39, 0.29) is 0 Å². The van der Waals surface area contributed by atoms with Crippen molar-refractivity contribution in [1.82, 2.24) is 5.32 Å². The highest BCUT2D eigenvalue weighted by atomic mass is 32.2. The molecule has 0 saturated heterocycles. The summed E-state index contributed by atoms with van der Waals surface area (Å²) in [5.41, 5.74) is 1.42. The Balaban J connectivity index is 2.42. The lowest BCUT2D eigenvalue weighted by molar-refractivity contribution is 0.716. The van der Waals surface area contributed by atoms with Gasteiger partial charge < -0.3 is 5.32 Å². The van der Waals surface area contributed by atoms with Gasteiger partial charge in [0, 0.05) is 10.1 Å². The highest BCUT2D eigenvalue weighted by Gasteiger charge is 1.98. The molecule has 0 aliphatic carbocycles.